The summed E-state index contributed by atoms with van der Waals surface area (Å²) in [6.45, 7) is 3.28. The number of carboxylic acids is 1. The number of carbonyl (C=O) groups is 1. The third-order valence-electron chi connectivity index (χ3n) is 5.81. The maximum atomic E-state index is 13.3. The molecule has 31 heavy (non-hydrogen) atoms. The Kier molecular flexibility index (Phi) is 6.48. The van der Waals surface area contributed by atoms with Gasteiger partial charge in [0.25, 0.3) is 0 Å². The molecule has 1 atom stereocenters. The molecule has 7 nitrogen and oxygen atoms in total. The van der Waals surface area contributed by atoms with Gasteiger partial charge in [-0.25, -0.2) is 4.39 Å². The molecule has 1 saturated heterocycles. The first-order chi connectivity index (χ1) is 15.0. The van der Waals surface area contributed by atoms with Gasteiger partial charge in [-0.3, -0.25) is 9.69 Å². The van der Waals surface area contributed by atoms with Crippen LogP contribution in [0.1, 0.15) is 30.0 Å². The van der Waals surface area contributed by atoms with Gasteiger partial charge in [0.15, 0.2) is 5.58 Å². The Bertz CT molecular complexity index is 1030. The quantitative estimate of drug-likeness (QED) is 0.569. The van der Waals surface area contributed by atoms with Crippen LogP contribution in [-0.4, -0.2) is 53.4 Å². The van der Waals surface area contributed by atoms with E-state index in [0.29, 0.717) is 24.5 Å². The number of rotatable bonds is 8. The number of hydrogen-bond donors (Lipinski definition) is 2. The highest BCUT2D eigenvalue weighted by Gasteiger charge is 2.25. The minimum Gasteiger partial charge on any atom is -0.492 e. The van der Waals surface area contributed by atoms with Gasteiger partial charge in [-0.2, -0.15) is 0 Å². The van der Waals surface area contributed by atoms with Gasteiger partial charge in [0.1, 0.15) is 24.2 Å². The van der Waals surface area contributed by atoms with Gasteiger partial charge in [-0.15, -0.1) is 0 Å². The Balaban J connectivity index is 1.22. The monoisotopic (exact) mass is 427 g/mol. The minimum atomic E-state index is -1.00. The molecule has 0 radical (unpaired) electrons. The molecule has 2 aromatic carbocycles. The second kappa shape index (κ2) is 9.45. The highest BCUT2D eigenvalue weighted by atomic mass is 19.1. The van der Waals surface area contributed by atoms with Gasteiger partial charge in [-0.1, -0.05) is 17.3 Å². The molecule has 0 amide bonds. The van der Waals surface area contributed by atoms with Crippen molar-refractivity contribution < 1.29 is 23.6 Å². The molecular weight excluding hydrogens is 401 g/mol. The number of nitrogens with zero attached hydrogens (tertiary/aromatic N) is 2. The third-order valence-corrected chi connectivity index (χ3v) is 5.81. The number of aromatic nitrogens is 1. The van der Waals surface area contributed by atoms with Crippen molar-refractivity contribution >= 4 is 16.9 Å². The summed E-state index contributed by atoms with van der Waals surface area (Å²) >= 11 is 0. The highest BCUT2D eigenvalue weighted by molar-refractivity contribution is 5.79. The molecule has 1 aromatic heterocycles. The average molecular weight is 427 g/mol. The molecule has 3 N–H and O–H groups in total. The van der Waals surface area contributed by atoms with Crippen molar-refractivity contribution in [2.24, 2.45) is 5.73 Å². The molecule has 1 aliphatic rings. The van der Waals surface area contributed by atoms with E-state index in [1.165, 1.54) is 12.1 Å². The van der Waals surface area contributed by atoms with E-state index in [1.807, 2.05) is 24.3 Å². The van der Waals surface area contributed by atoms with E-state index in [4.69, 9.17) is 20.1 Å². The van der Waals surface area contributed by atoms with Crippen molar-refractivity contribution in [3.63, 3.8) is 0 Å². The van der Waals surface area contributed by atoms with E-state index in [-0.39, 0.29) is 5.82 Å². The fraction of sp³-hybridized carbons (Fsp3) is 0.391. The van der Waals surface area contributed by atoms with E-state index < -0.39 is 12.0 Å². The summed E-state index contributed by atoms with van der Waals surface area (Å²) in [5.41, 5.74) is 7.86. The van der Waals surface area contributed by atoms with Gasteiger partial charge >= 0.3 is 5.97 Å². The zero-order valence-corrected chi connectivity index (χ0v) is 17.2. The number of ether oxygens (including phenoxy) is 1. The number of carboxylic acid groups (broad SMARTS) is 1. The molecule has 3 aromatic rings. The molecule has 1 aliphatic heterocycles. The van der Waals surface area contributed by atoms with Gasteiger partial charge in [0.05, 0.1) is 5.69 Å². The number of likely N-dealkylation sites (tertiary alicyclic amines) is 1. The predicted octanol–water partition coefficient (Wildman–Crippen LogP) is 3.18. The van der Waals surface area contributed by atoms with Crippen LogP contribution in [0.2, 0.25) is 0 Å². The standard InChI is InChI=1S/C23H26FN3O4/c24-17-3-6-19-21(14-17)31-26-22(19)16-7-9-27(10-8-16)11-12-30-18-4-1-15(2-5-18)13-20(25)23(28)29/h1-6,14,16,20H,7-13,25H2,(H,28,29)/t20-/m0/s1. The van der Waals surface area contributed by atoms with Gasteiger partial charge in [-0.05, 0) is 62.2 Å². The highest BCUT2D eigenvalue weighted by Crippen LogP contribution is 2.32. The van der Waals surface area contributed by atoms with Crippen LogP contribution in [0.25, 0.3) is 11.0 Å². The van der Waals surface area contributed by atoms with Crippen LogP contribution in [0, 0.1) is 5.82 Å². The Morgan fingerprint density at radius 1 is 1.26 bits per heavy atom. The van der Waals surface area contributed by atoms with Crippen LogP contribution in [-0.2, 0) is 11.2 Å². The summed E-state index contributed by atoms with van der Waals surface area (Å²) in [6, 6.07) is 11.1. The number of halogens is 1. The Morgan fingerprint density at radius 2 is 2.00 bits per heavy atom. The van der Waals surface area contributed by atoms with Crippen molar-refractivity contribution in [3.05, 3.63) is 59.5 Å². The van der Waals surface area contributed by atoms with Crippen molar-refractivity contribution in [1.82, 2.24) is 10.1 Å². The minimum absolute atomic E-state index is 0.292. The molecule has 0 aliphatic carbocycles. The molecule has 0 spiro atoms. The first-order valence-electron chi connectivity index (χ1n) is 10.5. The van der Waals surface area contributed by atoms with Crippen LogP contribution in [0.4, 0.5) is 4.39 Å². The lowest BCUT2D eigenvalue weighted by molar-refractivity contribution is -0.138. The predicted molar refractivity (Wildman–Crippen MR) is 114 cm³/mol. The van der Waals surface area contributed by atoms with E-state index >= 15 is 0 Å². The number of fused-ring (bicyclic) bond motifs is 1. The van der Waals surface area contributed by atoms with E-state index in [9.17, 15) is 9.18 Å². The van der Waals surface area contributed by atoms with Crippen LogP contribution in [0.5, 0.6) is 5.75 Å². The number of piperidine rings is 1. The molecule has 2 heterocycles. The van der Waals surface area contributed by atoms with Crippen molar-refractivity contribution in [2.45, 2.75) is 31.2 Å². The number of nitrogens with two attached hydrogens (primary N) is 1. The third kappa shape index (κ3) is 5.21. The smallest absolute Gasteiger partial charge is 0.320 e. The zero-order valence-electron chi connectivity index (χ0n) is 17.2. The molecule has 0 saturated carbocycles. The summed E-state index contributed by atoms with van der Waals surface area (Å²) in [5.74, 6) is -0.254. The summed E-state index contributed by atoms with van der Waals surface area (Å²) in [4.78, 5) is 13.2. The zero-order chi connectivity index (χ0) is 21.8. The number of aliphatic carboxylic acids is 1. The number of hydrogen-bond acceptors (Lipinski definition) is 6. The largest absolute Gasteiger partial charge is 0.492 e. The van der Waals surface area contributed by atoms with Gasteiger partial charge < -0.3 is 20.1 Å². The Labute approximate surface area is 179 Å². The topological polar surface area (TPSA) is 102 Å². The molecule has 1 fully saturated rings. The molecule has 0 bridgehead atoms. The second-order valence-corrected chi connectivity index (χ2v) is 7.97. The lowest BCUT2D eigenvalue weighted by Crippen LogP contribution is -2.36. The molecule has 164 valence electrons. The lowest BCUT2D eigenvalue weighted by Gasteiger charge is -2.31. The second-order valence-electron chi connectivity index (χ2n) is 7.97. The summed E-state index contributed by atoms with van der Waals surface area (Å²) in [5, 5.41) is 14.0. The normalized spacial score (nSPS) is 16.5. The van der Waals surface area contributed by atoms with E-state index in [1.54, 1.807) is 6.07 Å². The first-order valence-corrected chi connectivity index (χ1v) is 10.5. The average Bonchev–Trinajstić information content (AvgIpc) is 3.18. The van der Waals surface area contributed by atoms with Gasteiger partial charge in [0.2, 0.25) is 0 Å². The van der Waals surface area contributed by atoms with Crippen molar-refractivity contribution in [1.29, 1.82) is 0 Å². The van der Waals surface area contributed by atoms with Crippen molar-refractivity contribution in [3.8, 4) is 5.75 Å². The van der Waals surface area contributed by atoms with Crippen LogP contribution >= 0.6 is 0 Å². The first kappa shape index (κ1) is 21.3. The van der Waals surface area contributed by atoms with E-state index in [0.717, 1.165) is 54.9 Å². The molecule has 8 heteroatoms. The van der Waals surface area contributed by atoms with Gasteiger partial charge in [0, 0.05) is 23.9 Å². The molecular formula is C23H26FN3O4. The molecule has 4 rings (SSSR count). The fourth-order valence-corrected chi connectivity index (χ4v) is 4.01. The number of benzene rings is 2. The molecule has 0 unspecified atom stereocenters. The summed E-state index contributed by atoms with van der Waals surface area (Å²) < 4.78 is 24.5. The fourth-order valence-electron chi connectivity index (χ4n) is 4.01. The van der Waals surface area contributed by atoms with Crippen LogP contribution in [0.3, 0.4) is 0 Å². The SMILES string of the molecule is N[C@@H](Cc1ccc(OCCN2CCC(c3noc4cc(F)ccc34)CC2)cc1)C(=O)O. The maximum absolute atomic E-state index is 13.3. The van der Waals surface area contributed by atoms with E-state index in [2.05, 4.69) is 10.1 Å². The van der Waals surface area contributed by atoms with Crippen molar-refractivity contribution in [2.75, 3.05) is 26.2 Å². The van der Waals surface area contributed by atoms with Crippen LogP contribution in [0.15, 0.2) is 47.0 Å². The van der Waals surface area contributed by atoms with Crippen LogP contribution < -0.4 is 10.5 Å². The summed E-state index contributed by atoms with van der Waals surface area (Å²) in [7, 11) is 0. The summed E-state index contributed by atoms with van der Waals surface area (Å²) in [6.07, 6.45) is 2.23. The Hall–Kier alpha value is -2.97. The lowest BCUT2D eigenvalue weighted by atomic mass is 9.91. The Morgan fingerprint density at radius 3 is 2.71 bits per heavy atom. The maximum Gasteiger partial charge on any atom is 0.320 e.